The predicted octanol–water partition coefficient (Wildman–Crippen LogP) is 3.11. The Hall–Kier alpha value is -1.31. The van der Waals surface area contributed by atoms with Gasteiger partial charge in [-0.2, -0.15) is 0 Å². The number of hydrogen-bond donors (Lipinski definition) is 1. The van der Waals surface area contributed by atoms with Gasteiger partial charge in [-0.05, 0) is 42.4 Å². The number of benzene rings is 1. The summed E-state index contributed by atoms with van der Waals surface area (Å²) in [4.78, 5) is 11.0. The lowest BCUT2D eigenvalue weighted by molar-refractivity contribution is -0.113. The van der Waals surface area contributed by atoms with Gasteiger partial charge >= 0.3 is 0 Å². The van der Waals surface area contributed by atoms with Crippen molar-refractivity contribution in [3.63, 3.8) is 0 Å². The highest BCUT2D eigenvalue weighted by Gasteiger charge is 2.30. The molecule has 1 aromatic rings. The lowest BCUT2D eigenvalue weighted by Gasteiger charge is -2.33. The zero-order valence-corrected chi connectivity index (χ0v) is 9.60. The largest absolute Gasteiger partial charge is 0.508 e. The molecule has 0 radical (unpaired) electrons. The number of aldehydes is 1. The maximum absolute atomic E-state index is 11.0. The number of aromatic hydroxyl groups is 1. The fourth-order valence-electron chi connectivity index (χ4n) is 2.78. The summed E-state index contributed by atoms with van der Waals surface area (Å²) >= 11 is 0. The second kappa shape index (κ2) is 4.69. The third kappa shape index (κ3) is 2.11. The van der Waals surface area contributed by atoms with Crippen LogP contribution in [0.3, 0.4) is 0 Å². The Bertz CT molecular complexity index is 356. The van der Waals surface area contributed by atoms with Gasteiger partial charge in [-0.3, -0.25) is 0 Å². The molecular weight excluding hydrogens is 200 g/mol. The van der Waals surface area contributed by atoms with Crippen LogP contribution >= 0.6 is 0 Å². The summed E-state index contributed by atoms with van der Waals surface area (Å²) in [5.41, 5.74) is 1.25. The van der Waals surface area contributed by atoms with E-state index in [1.807, 2.05) is 12.1 Å². The molecule has 2 rings (SSSR count). The first-order valence-electron chi connectivity index (χ1n) is 5.96. The van der Waals surface area contributed by atoms with Crippen LogP contribution in [0.5, 0.6) is 5.75 Å². The van der Waals surface area contributed by atoms with Crippen molar-refractivity contribution in [2.24, 2.45) is 11.8 Å². The van der Waals surface area contributed by atoms with Gasteiger partial charge in [-0.25, -0.2) is 0 Å². The van der Waals surface area contributed by atoms with Gasteiger partial charge in [-0.15, -0.1) is 0 Å². The average Bonchev–Trinajstić information content (AvgIpc) is 2.31. The van der Waals surface area contributed by atoms with Crippen LogP contribution in [0.1, 0.15) is 37.7 Å². The van der Waals surface area contributed by atoms with E-state index in [2.05, 4.69) is 6.92 Å². The van der Waals surface area contributed by atoms with Crippen molar-refractivity contribution in [2.45, 2.75) is 32.1 Å². The van der Waals surface area contributed by atoms with Crippen molar-refractivity contribution in [2.75, 3.05) is 0 Å². The molecule has 0 spiro atoms. The van der Waals surface area contributed by atoms with E-state index in [-0.39, 0.29) is 5.92 Å². The smallest absolute Gasteiger partial charge is 0.123 e. The standard InChI is InChI=1S/C14H18O2/c1-10-12(9-15)3-2-4-14(10)11-5-7-13(16)8-6-11/h5-10,12,14,16H,2-4H2,1H3. The van der Waals surface area contributed by atoms with Crippen LogP contribution < -0.4 is 0 Å². The van der Waals surface area contributed by atoms with Crippen molar-refractivity contribution >= 4 is 6.29 Å². The highest BCUT2D eigenvalue weighted by atomic mass is 16.3. The molecule has 2 heteroatoms. The molecule has 1 aliphatic carbocycles. The topological polar surface area (TPSA) is 37.3 Å². The normalized spacial score (nSPS) is 29.9. The fraction of sp³-hybridized carbons (Fsp3) is 0.500. The third-order valence-corrected chi connectivity index (χ3v) is 3.86. The SMILES string of the molecule is CC1C(C=O)CCCC1c1ccc(O)cc1. The van der Waals surface area contributed by atoms with Crippen LogP contribution in [0.2, 0.25) is 0 Å². The van der Waals surface area contributed by atoms with Crippen LogP contribution in [-0.4, -0.2) is 11.4 Å². The van der Waals surface area contributed by atoms with Crippen LogP contribution in [0, 0.1) is 11.8 Å². The number of rotatable bonds is 2. The van der Waals surface area contributed by atoms with Gasteiger partial charge in [0.25, 0.3) is 0 Å². The van der Waals surface area contributed by atoms with Gasteiger partial charge in [0.05, 0.1) is 0 Å². The lowest BCUT2D eigenvalue weighted by atomic mass is 9.71. The minimum atomic E-state index is 0.201. The Labute approximate surface area is 96.3 Å². The Balaban J connectivity index is 2.19. The van der Waals surface area contributed by atoms with Crippen molar-refractivity contribution in [3.05, 3.63) is 29.8 Å². The molecule has 0 aromatic heterocycles. The summed E-state index contributed by atoms with van der Waals surface area (Å²) in [5, 5.41) is 9.26. The zero-order chi connectivity index (χ0) is 11.5. The molecule has 0 amide bonds. The van der Waals surface area contributed by atoms with E-state index in [9.17, 15) is 9.90 Å². The second-order valence-corrected chi connectivity index (χ2v) is 4.79. The lowest BCUT2D eigenvalue weighted by Crippen LogP contribution is -2.25. The molecule has 2 nitrogen and oxygen atoms in total. The molecule has 0 bridgehead atoms. The Morgan fingerprint density at radius 2 is 1.94 bits per heavy atom. The summed E-state index contributed by atoms with van der Waals surface area (Å²) in [7, 11) is 0. The molecule has 86 valence electrons. The van der Waals surface area contributed by atoms with Gasteiger partial charge in [0.1, 0.15) is 12.0 Å². The molecule has 16 heavy (non-hydrogen) atoms. The summed E-state index contributed by atoms with van der Waals surface area (Å²) in [6.07, 6.45) is 4.41. The third-order valence-electron chi connectivity index (χ3n) is 3.86. The molecule has 1 saturated carbocycles. The van der Waals surface area contributed by atoms with E-state index in [1.165, 1.54) is 5.56 Å². The average molecular weight is 218 g/mol. The van der Waals surface area contributed by atoms with E-state index < -0.39 is 0 Å². The number of carbonyl (C=O) groups excluding carboxylic acids is 1. The van der Waals surface area contributed by atoms with E-state index in [0.29, 0.717) is 17.6 Å². The second-order valence-electron chi connectivity index (χ2n) is 4.79. The van der Waals surface area contributed by atoms with Crippen molar-refractivity contribution in [3.8, 4) is 5.75 Å². The molecule has 3 unspecified atom stereocenters. The van der Waals surface area contributed by atoms with Gasteiger partial charge < -0.3 is 9.90 Å². The zero-order valence-electron chi connectivity index (χ0n) is 9.60. The molecule has 1 aliphatic rings. The molecule has 0 heterocycles. The Morgan fingerprint density at radius 1 is 1.25 bits per heavy atom. The van der Waals surface area contributed by atoms with E-state index >= 15 is 0 Å². The van der Waals surface area contributed by atoms with Gasteiger partial charge in [0, 0.05) is 5.92 Å². The maximum atomic E-state index is 11.0. The first-order chi connectivity index (χ1) is 7.72. The first-order valence-corrected chi connectivity index (χ1v) is 5.96. The van der Waals surface area contributed by atoms with Crippen LogP contribution in [0.15, 0.2) is 24.3 Å². The molecule has 0 saturated heterocycles. The van der Waals surface area contributed by atoms with Crippen molar-refractivity contribution in [1.29, 1.82) is 0 Å². The highest BCUT2D eigenvalue weighted by Crippen LogP contribution is 2.40. The van der Waals surface area contributed by atoms with Crippen LogP contribution in [0.4, 0.5) is 0 Å². The Morgan fingerprint density at radius 3 is 2.56 bits per heavy atom. The van der Waals surface area contributed by atoms with E-state index in [1.54, 1.807) is 12.1 Å². The van der Waals surface area contributed by atoms with Gasteiger partial charge in [0.15, 0.2) is 0 Å². The van der Waals surface area contributed by atoms with Crippen molar-refractivity contribution < 1.29 is 9.90 Å². The van der Waals surface area contributed by atoms with E-state index in [0.717, 1.165) is 25.5 Å². The van der Waals surface area contributed by atoms with E-state index in [4.69, 9.17) is 0 Å². The number of phenolic OH excluding ortho intramolecular Hbond substituents is 1. The number of phenols is 1. The number of hydrogen-bond acceptors (Lipinski definition) is 2. The molecule has 1 N–H and O–H groups in total. The summed E-state index contributed by atoms with van der Waals surface area (Å²) in [5.74, 6) is 1.38. The summed E-state index contributed by atoms with van der Waals surface area (Å²) in [6, 6.07) is 7.41. The van der Waals surface area contributed by atoms with Crippen molar-refractivity contribution in [1.82, 2.24) is 0 Å². The quantitative estimate of drug-likeness (QED) is 0.774. The fourth-order valence-corrected chi connectivity index (χ4v) is 2.78. The van der Waals surface area contributed by atoms with Gasteiger partial charge in [-0.1, -0.05) is 25.5 Å². The molecule has 3 atom stereocenters. The van der Waals surface area contributed by atoms with Crippen LogP contribution in [-0.2, 0) is 4.79 Å². The number of carbonyl (C=O) groups is 1. The van der Waals surface area contributed by atoms with Gasteiger partial charge in [0.2, 0.25) is 0 Å². The minimum absolute atomic E-state index is 0.201. The monoisotopic (exact) mass is 218 g/mol. The highest BCUT2D eigenvalue weighted by molar-refractivity contribution is 5.54. The summed E-state index contributed by atoms with van der Waals surface area (Å²) < 4.78 is 0. The molecule has 1 fully saturated rings. The molecular formula is C14H18O2. The first kappa shape index (κ1) is 11.2. The molecule has 1 aromatic carbocycles. The Kier molecular flexibility index (Phi) is 3.28. The summed E-state index contributed by atoms with van der Waals surface area (Å²) in [6.45, 7) is 2.16. The molecule has 0 aliphatic heterocycles. The van der Waals surface area contributed by atoms with Crippen LogP contribution in [0.25, 0.3) is 0 Å². The maximum Gasteiger partial charge on any atom is 0.123 e. The minimum Gasteiger partial charge on any atom is -0.508 e. The predicted molar refractivity (Wildman–Crippen MR) is 63.4 cm³/mol.